The van der Waals surface area contributed by atoms with Crippen LogP contribution in [0, 0.1) is 0 Å². The molecular formula is C19H30N2O3. The monoisotopic (exact) mass is 334 g/mol. The van der Waals surface area contributed by atoms with Crippen LogP contribution in [0.25, 0.3) is 0 Å². The summed E-state index contributed by atoms with van der Waals surface area (Å²) in [5.41, 5.74) is 1.12. The lowest BCUT2D eigenvalue weighted by molar-refractivity contribution is 0.0754. The third-order valence-electron chi connectivity index (χ3n) is 5.44. The van der Waals surface area contributed by atoms with Crippen LogP contribution in [0.4, 0.5) is 0 Å². The van der Waals surface area contributed by atoms with E-state index in [1.54, 1.807) is 14.2 Å². The van der Waals surface area contributed by atoms with Crippen molar-refractivity contribution in [1.29, 1.82) is 0 Å². The van der Waals surface area contributed by atoms with Gasteiger partial charge in [-0.15, -0.1) is 0 Å². The predicted octanol–water partition coefficient (Wildman–Crippen LogP) is 2.86. The molecule has 2 aliphatic rings. The SMILES string of the molecule is COc1cc(CN2CCN(C3CCCCC3)CC2)cc(OC)c1O. The quantitative estimate of drug-likeness (QED) is 0.897. The van der Waals surface area contributed by atoms with Gasteiger partial charge in [-0.1, -0.05) is 19.3 Å². The summed E-state index contributed by atoms with van der Waals surface area (Å²) < 4.78 is 10.5. The van der Waals surface area contributed by atoms with E-state index in [9.17, 15) is 5.11 Å². The number of nitrogens with zero attached hydrogens (tertiary/aromatic N) is 2. The molecular weight excluding hydrogens is 304 g/mol. The highest BCUT2D eigenvalue weighted by molar-refractivity contribution is 5.52. The molecule has 1 N–H and O–H groups in total. The van der Waals surface area contributed by atoms with Gasteiger partial charge in [0.1, 0.15) is 0 Å². The molecule has 1 heterocycles. The van der Waals surface area contributed by atoms with E-state index in [2.05, 4.69) is 9.80 Å². The lowest BCUT2D eigenvalue weighted by Gasteiger charge is -2.40. The Balaban J connectivity index is 1.57. The number of ether oxygens (including phenoxy) is 2. The van der Waals surface area contributed by atoms with E-state index in [1.165, 1.54) is 32.1 Å². The van der Waals surface area contributed by atoms with E-state index in [-0.39, 0.29) is 5.75 Å². The van der Waals surface area contributed by atoms with Gasteiger partial charge in [-0.05, 0) is 30.5 Å². The Kier molecular flexibility index (Phi) is 5.85. The van der Waals surface area contributed by atoms with Crippen molar-refractivity contribution >= 4 is 0 Å². The normalized spacial score (nSPS) is 20.9. The van der Waals surface area contributed by atoms with Crippen molar-refractivity contribution in [2.24, 2.45) is 0 Å². The number of piperazine rings is 1. The number of benzene rings is 1. The summed E-state index contributed by atoms with van der Waals surface area (Å²) in [5.74, 6) is 1.03. The first-order chi connectivity index (χ1) is 11.7. The van der Waals surface area contributed by atoms with Crippen molar-refractivity contribution < 1.29 is 14.6 Å². The van der Waals surface area contributed by atoms with E-state index in [1.807, 2.05) is 12.1 Å². The Hall–Kier alpha value is -1.46. The van der Waals surface area contributed by atoms with Gasteiger partial charge >= 0.3 is 0 Å². The highest BCUT2D eigenvalue weighted by atomic mass is 16.5. The predicted molar refractivity (Wildman–Crippen MR) is 94.9 cm³/mol. The second kappa shape index (κ2) is 8.08. The minimum atomic E-state index is 0.0749. The minimum Gasteiger partial charge on any atom is -0.502 e. The largest absolute Gasteiger partial charge is 0.502 e. The molecule has 0 aromatic heterocycles. The van der Waals surface area contributed by atoms with Crippen LogP contribution in [-0.2, 0) is 6.54 Å². The summed E-state index contributed by atoms with van der Waals surface area (Å²) in [6.07, 6.45) is 6.98. The van der Waals surface area contributed by atoms with Gasteiger partial charge in [-0.25, -0.2) is 0 Å². The van der Waals surface area contributed by atoms with Crippen molar-refractivity contribution in [2.75, 3.05) is 40.4 Å². The van der Waals surface area contributed by atoms with Crippen molar-refractivity contribution in [3.05, 3.63) is 17.7 Å². The summed E-state index contributed by atoms with van der Waals surface area (Å²) in [4.78, 5) is 5.16. The van der Waals surface area contributed by atoms with Crippen molar-refractivity contribution in [1.82, 2.24) is 9.80 Å². The fourth-order valence-corrected chi connectivity index (χ4v) is 4.03. The molecule has 5 heteroatoms. The first-order valence-electron chi connectivity index (χ1n) is 9.11. The van der Waals surface area contributed by atoms with E-state index in [4.69, 9.17) is 9.47 Å². The Labute approximate surface area is 145 Å². The maximum absolute atomic E-state index is 10.0. The molecule has 5 nitrogen and oxygen atoms in total. The van der Waals surface area contributed by atoms with Gasteiger partial charge < -0.3 is 14.6 Å². The number of phenols is 1. The zero-order valence-electron chi connectivity index (χ0n) is 15.0. The highest BCUT2D eigenvalue weighted by Gasteiger charge is 2.25. The summed E-state index contributed by atoms with van der Waals surface area (Å²) in [5, 5.41) is 10.0. The van der Waals surface area contributed by atoms with Gasteiger partial charge in [0.05, 0.1) is 14.2 Å². The van der Waals surface area contributed by atoms with Crippen LogP contribution in [0.2, 0.25) is 0 Å². The lowest BCUT2D eigenvalue weighted by Crippen LogP contribution is -2.50. The summed E-state index contributed by atoms with van der Waals surface area (Å²) in [6, 6.07) is 4.63. The van der Waals surface area contributed by atoms with Crippen LogP contribution in [0.1, 0.15) is 37.7 Å². The van der Waals surface area contributed by atoms with Gasteiger partial charge in [-0.3, -0.25) is 9.80 Å². The average molecular weight is 334 g/mol. The topological polar surface area (TPSA) is 45.2 Å². The highest BCUT2D eigenvalue weighted by Crippen LogP contribution is 2.37. The van der Waals surface area contributed by atoms with E-state index in [0.717, 1.165) is 44.3 Å². The van der Waals surface area contributed by atoms with Crippen LogP contribution >= 0.6 is 0 Å². The zero-order valence-corrected chi connectivity index (χ0v) is 15.0. The average Bonchev–Trinajstić information content (AvgIpc) is 2.64. The Morgan fingerprint density at radius 1 is 0.958 bits per heavy atom. The molecule has 0 spiro atoms. The molecule has 3 rings (SSSR count). The summed E-state index contributed by atoms with van der Waals surface area (Å²) in [6.45, 7) is 5.39. The van der Waals surface area contributed by atoms with Crippen LogP contribution in [0.3, 0.4) is 0 Å². The van der Waals surface area contributed by atoms with Gasteiger partial charge in [0.2, 0.25) is 5.75 Å². The minimum absolute atomic E-state index is 0.0749. The summed E-state index contributed by atoms with van der Waals surface area (Å²) >= 11 is 0. The third-order valence-corrected chi connectivity index (χ3v) is 5.44. The van der Waals surface area contributed by atoms with Crippen molar-refractivity contribution in [2.45, 2.75) is 44.7 Å². The molecule has 2 fully saturated rings. The lowest BCUT2D eigenvalue weighted by atomic mass is 9.94. The van der Waals surface area contributed by atoms with Crippen molar-refractivity contribution in [3.63, 3.8) is 0 Å². The second-order valence-electron chi connectivity index (χ2n) is 6.95. The molecule has 1 saturated carbocycles. The smallest absolute Gasteiger partial charge is 0.200 e. The maximum Gasteiger partial charge on any atom is 0.200 e. The second-order valence-corrected chi connectivity index (χ2v) is 6.95. The van der Waals surface area contributed by atoms with Crippen LogP contribution in [0.5, 0.6) is 17.2 Å². The molecule has 24 heavy (non-hydrogen) atoms. The molecule has 0 amide bonds. The number of hydrogen-bond acceptors (Lipinski definition) is 5. The molecule has 1 aromatic carbocycles. The molecule has 134 valence electrons. The van der Waals surface area contributed by atoms with Gasteiger partial charge in [0, 0.05) is 38.8 Å². The first-order valence-corrected chi connectivity index (χ1v) is 9.11. The Bertz CT molecular complexity index is 510. The molecule has 1 saturated heterocycles. The zero-order chi connectivity index (χ0) is 16.9. The third kappa shape index (κ3) is 3.95. The van der Waals surface area contributed by atoms with Gasteiger partial charge in [0.25, 0.3) is 0 Å². The summed E-state index contributed by atoms with van der Waals surface area (Å²) in [7, 11) is 3.14. The molecule has 1 aliphatic heterocycles. The Morgan fingerprint density at radius 3 is 2.08 bits per heavy atom. The van der Waals surface area contributed by atoms with E-state index < -0.39 is 0 Å². The first kappa shape index (κ1) is 17.4. The Morgan fingerprint density at radius 2 is 1.54 bits per heavy atom. The van der Waals surface area contributed by atoms with Gasteiger partial charge in [-0.2, -0.15) is 0 Å². The number of hydrogen-bond donors (Lipinski definition) is 1. The molecule has 1 aromatic rings. The van der Waals surface area contributed by atoms with E-state index in [0.29, 0.717) is 11.5 Å². The standard InChI is InChI=1S/C19H30N2O3/c1-23-17-12-15(13-18(24-2)19(17)22)14-20-8-10-21(11-9-20)16-6-4-3-5-7-16/h12-13,16,22H,3-11,14H2,1-2H3. The fourth-order valence-electron chi connectivity index (χ4n) is 4.03. The number of methoxy groups -OCH3 is 2. The molecule has 0 radical (unpaired) electrons. The number of rotatable bonds is 5. The molecule has 0 atom stereocenters. The molecule has 0 unspecified atom stereocenters. The van der Waals surface area contributed by atoms with Gasteiger partial charge in [0.15, 0.2) is 11.5 Å². The van der Waals surface area contributed by atoms with Crippen LogP contribution < -0.4 is 9.47 Å². The van der Waals surface area contributed by atoms with Crippen LogP contribution in [-0.4, -0.2) is 61.3 Å². The maximum atomic E-state index is 10.0. The number of phenolic OH excluding ortho intramolecular Hbond substituents is 1. The molecule has 0 bridgehead atoms. The van der Waals surface area contributed by atoms with E-state index >= 15 is 0 Å². The fraction of sp³-hybridized carbons (Fsp3) is 0.684. The number of aromatic hydroxyl groups is 1. The van der Waals surface area contributed by atoms with Crippen LogP contribution in [0.15, 0.2) is 12.1 Å². The van der Waals surface area contributed by atoms with Crippen molar-refractivity contribution in [3.8, 4) is 17.2 Å². The molecule has 1 aliphatic carbocycles.